The normalized spacial score (nSPS) is 14.1. The lowest BCUT2D eigenvalue weighted by Crippen LogP contribution is -2.50. The molecule has 0 saturated heterocycles. The van der Waals surface area contributed by atoms with E-state index in [9.17, 15) is 26.7 Å². The molecule has 0 aliphatic heterocycles. The molecule has 1 rings (SSSR count). The molecule has 1 N–H and O–H groups in total. The van der Waals surface area contributed by atoms with Gasteiger partial charge in [-0.1, -0.05) is 29.8 Å². The van der Waals surface area contributed by atoms with E-state index in [1.54, 1.807) is 30.4 Å². The first kappa shape index (κ1) is 15.4. The van der Waals surface area contributed by atoms with Crippen molar-refractivity contribution in [3.8, 4) is 0 Å². The van der Waals surface area contributed by atoms with Crippen LogP contribution >= 0.6 is 0 Å². The maximum atomic E-state index is 12.7. The third kappa shape index (κ3) is 3.42. The van der Waals surface area contributed by atoms with Crippen LogP contribution in [-0.4, -0.2) is 18.0 Å². The van der Waals surface area contributed by atoms with Gasteiger partial charge >= 0.3 is 18.0 Å². The molecule has 0 heterocycles. The molecule has 0 radical (unpaired) electrons. The quantitative estimate of drug-likeness (QED) is 0.846. The van der Waals surface area contributed by atoms with E-state index >= 15 is 0 Å². The van der Waals surface area contributed by atoms with Crippen LogP contribution in [0, 0.1) is 6.92 Å². The fourth-order valence-corrected chi connectivity index (χ4v) is 1.44. The van der Waals surface area contributed by atoms with Crippen molar-refractivity contribution in [3.63, 3.8) is 0 Å². The van der Waals surface area contributed by atoms with Gasteiger partial charge < -0.3 is 5.32 Å². The van der Waals surface area contributed by atoms with E-state index in [2.05, 4.69) is 0 Å². The standard InChI is InChI=1S/C12H12F5NO/c1-7-4-3-5-9(6-7)8(2)18-10(19)11(13,14)12(15,16)17/h3-6,8H,1-2H3,(H,18,19)/t8-/m1/s1. The minimum Gasteiger partial charge on any atom is -0.344 e. The van der Waals surface area contributed by atoms with Crippen molar-refractivity contribution < 1.29 is 26.7 Å². The fraction of sp³-hybridized carbons (Fsp3) is 0.417. The molecule has 19 heavy (non-hydrogen) atoms. The zero-order chi connectivity index (χ0) is 14.8. The van der Waals surface area contributed by atoms with Gasteiger partial charge in [-0.15, -0.1) is 0 Å². The minimum atomic E-state index is -5.90. The Bertz CT molecular complexity index is 469. The molecule has 1 aromatic carbocycles. The van der Waals surface area contributed by atoms with Gasteiger partial charge in [0.05, 0.1) is 6.04 Å². The van der Waals surface area contributed by atoms with Crippen LogP contribution in [0.3, 0.4) is 0 Å². The van der Waals surface area contributed by atoms with Crippen LogP contribution in [0.25, 0.3) is 0 Å². The second-order valence-corrected chi connectivity index (χ2v) is 4.18. The number of aryl methyl sites for hydroxylation is 1. The van der Waals surface area contributed by atoms with Crippen molar-refractivity contribution >= 4 is 5.91 Å². The van der Waals surface area contributed by atoms with Crippen LogP contribution in [0.15, 0.2) is 24.3 Å². The monoisotopic (exact) mass is 281 g/mol. The van der Waals surface area contributed by atoms with Gasteiger partial charge in [0, 0.05) is 0 Å². The van der Waals surface area contributed by atoms with Crippen LogP contribution < -0.4 is 5.32 Å². The molecule has 0 aliphatic rings. The van der Waals surface area contributed by atoms with Crippen molar-refractivity contribution in [2.24, 2.45) is 0 Å². The van der Waals surface area contributed by atoms with E-state index in [1.165, 1.54) is 13.0 Å². The molecular formula is C12H12F5NO. The van der Waals surface area contributed by atoms with E-state index in [0.717, 1.165) is 5.56 Å². The number of carbonyl (C=O) groups is 1. The van der Waals surface area contributed by atoms with Crippen molar-refractivity contribution in [3.05, 3.63) is 35.4 Å². The first-order valence-corrected chi connectivity index (χ1v) is 5.38. The van der Waals surface area contributed by atoms with Crippen molar-refractivity contribution in [1.82, 2.24) is 5.32 Å². The Labute approximate surface area is 106 Å². The summed E-state index contributed by atoms with van der Waals surface area (Å²) in [6.07, 6.45) is -5.90. The Kier molecular flexibility index (Phi) is 4.17. The third-order valence-electron chi connectivity index (χ3n) is 2.53. The molecule has 0 saturated carbocycles. The number of carbonyl (C=O) groups excluding carboxylic acids is 1. The third-order valence-corrected chi connectivity index (χ3v) is 2.53. The summed E-state index contributed by atoms with van der Waals surface area (Å²) in [4.78, 5) is 11.0. The molecule has 0 aliphatic carbocycles. The molecule has 1 atom stereocenters. The summed E-state index contributed by atoms with van der Waals surface area (Å²) in [6.45, 7) is 3.07. The topological polar surface area (TPSA) is 29.1 Å². The number of rotatable bonds is 3. The average molecular weight is 281 g/mol. The molecule has 0 unspecified atom stereocenters. The summed E-state index contributed by atoms with van der Waals surface area (Å²) in [5.74, 6) is -7.75. The van der Waals surface area contributed by atoms with Gasteiger partial charge in [0.1, 0.15) is 0 Å². The number of amides is 1. The largest absolute Gasteiger partial charge is 0.463 e. The number of hydrogen-bond acceptors (Lipinski definition) is 1. The van der Waals surface area contributed by atoms with E-state index < -0.39 is 24.0 Å². The van der Waals surface area contributed by atoms with Crippen molar-refractivity contribution in [2.75, 3.05) is 0 Å². The van der Waals surface area contributed by atoms with Crippen LogP contribution in [0.4, 0.5) is 22.0 Å². The van der Waals surface area contributed by atoms with Crippen molar-refractivity contribution in [2.45, 2.75) is 32.0 Å². The lowest BCUT2D eigenvalue weighted by atomic mass is 10.1. The number of alkyl halides is 5. The van der Waals surface area contributed by atoms with Gasteiger partial charge in [-0.25, -0.2) is 0 Å². The van der Waals surface area contributed by atoms with Gasteiger partial charge in [0.15, 0.2) is 0 Å². The molecule has 0 fully saturated rings. The summed E-state index contributed by atoms with van der Waals surface area (Å²) < 4.78 is 61.5. The first-order valence-electron chi connectivity index (χ1n) is 5.38. The van der Waals surface area contributed by atoms with Gasteiger partial charge in [0.2, 0.25) is 0 Å². The maximum Gasteiger partial charge on any atom is 0.463 e. The Morgan fingerprint density at radius 2 is 1.79 bits per heavy atom. The molecule has 0 aromatic heterocycles. The highest BCUT2D eigenvalue weighted by molar-refractivity contribution is 5.84. The zero-order valence-electron chi connectivity index (χ0n) is 10.2. The van der Waals surface area contributed by atoms with Crippen LogP contribution in [0.1, 0.15) is 24.1 Å². The lowest BCUT2D eigenvalue weighted by molar-refractivity contribution is -0.270. The Morgan fingerprint density at radius 3 is 2.26 bits per heavy atom. The predicted octanol–water partition coefficient (Wildman–Crippen LogP) is 3.37. The first-order chi connectivity index (χ1) is 8.55. The molecule has 2 nitrogen and oxygen atoms in total. The zero-order valence-corrected chi connectivity index (χ0v) is 10.2. The van der Waals surface area contributed by atoms with Gasteiger partial charge in [-0.05, 0) is 19.4 Å². The minimum absolute atomic E-state index is 0.450. The maximum absolute atomic E-state index is 12.7. The number of nitrogens with one attached hydrogen (secondary N) is 1. The fourth-order valence-electron chi connectivity index (χ4n) is 1.44. The summed E-state index contributed by atoms with van der Waals surface area (Å²) in [5.41, 5.74) is 1.26. The second kappa shape index (κ2) is 5.14. The number of hydrogen-bond donors (Lipinski definition) is 1. The Morgan fingerprint density at radius 1 is 1.21 bits per heavy atom. The molecule has 0 bridgehead atoms. The van der Waals surface area contributed by atoms with Crippen LogP contribution in [0.5, 0.6) is 0 Å². The van der Waals surface area contributed by atoms with E-state index in [0.29, 0.717) is 5.56 Å². The van der Waals surface area contributed by atoms with E-state index in [1.807, 2.05) is 0 Å². The van der Waals surface area contributed by atoms with Crippen LogP contribution in [-0.2, 0) is 4.79 Å². The van der Waals surface area contributed by atoms with Gasteiger partial charge in [-0.2, -0.15) is 22.0 Å². The summed E-state index contributed by atoms with van der Waals surface area (Å²) >= 11 is 0. The SMILES string of the molecule is Cc1cccc([C@@H](C)NC(=O)C(F)(F)C(F)(F)F)c1. The van der Waals surface area contributed by atoms with Gasteiger partial charge in [-0.3, -0.25) is 4.79 Å². The Hall–Kier alpha value is -1.66. The Balaban J connectivity index is 2.83. The molecular weight excluding hydrogens is 269 g/mol. The van der Waals surface area contributed by atoms with Gasteiger partial charge in [0.25, 0.3) is 0 Å². The number of benzene rings is 1. The number of halogens is 5. The van der Waals surface area contributed by atoms with Crippen LogP contribution in [0.2, 0.25) is 0 Å². The highest BCUT2D eigenvalue weighted by atomic mass is 19.4. The van der Waals surface area contributed by atoms with E-state index in [-0.39, 0.29) is 0 Å². The second-order valence-electron chi connectivity index (χ2n) is 4.18. The molecule has 0 spiro atoms. The molecule has 1 aromatic rings. The highest BCUT2D eigenvalue weighted by Gasteiger charge is 2.63. The molecule has 1 amide bonds. The highest BCUT2D eigenvalue weighted by Crippen LogP contribution is 2.35. The van der Waals surface area contributed by atoms with Crippen molar-refractivity contribution in [1.29, 1.82) is 0 Å². The average Bonchev–Trinajstić information content (AvgIpc) is 2.27. The lowest BCUT2D eigenvalue weighted by Gasteiger charge is -2.22. The summed E-state index contributed by atoms with van der Waals surface area (Å²) in [7, 11) is 0. The summed E-state index contributed by atoms with van der Waals surface area (Å²) in [5, 5.41) is 1.66. The molecule has 106 valence electrons. The van der Waals surface area contributed by atoms with E-state index in [4.69, 9.17) is 0 Å². The smallest absolute Gasteiger partial charge is 0.344 e. The molecule has 7 heteroatoms. The predicted molar refractivity (Wildman–Crippen MR) is 58.7 cm³/mol. The summed E-state index contributed by atoms with van der Waals surface area (Å²) in [6, 6.07) is 5.54.